The van der Waals surface area contributed by atoms with E-state index in [9.17, 15) is 14.4 Å². The van der Waals surface area contributed by atoms with Crippen LogP contribution < -0.4 is 10.1 Å². The fourth-order valence-corrected chi connectivity index (χ4v) is 3.23. The number of benzene rings is 1. The average molecular weight is 376 g/mol. The number of nitrogens with zero attached hydrogens (tertiary/aromatic N) is 1. The highest BCUT2D eigenvalue weighted by molar-refractivity contribution is 5.84. The predicted octanol–water partition coefficient (Wildman–Crippen LogP) is 2.19. The van der Waals surface area contributed by atoms with Crippen LogP contribution in [0.4, 0.5) is 0 Å². The van der Waals surface area contributed by atoms with Crippen LogP contribution >= 0.6 is 0 Å². The lowest BCUT2D eigenvalue weighted by molar-refractivity contribution is -0.139. The summed E-state index contributed by atoms with van der Waals surface area (Å²) in [4.78, 5) is 36.2. The van der Waals surface area contributed by atoms with E-state index in [1.807, 2.05) is 0 Å². The zero-order chi connectivity index (χ0) is 19.6. The third-order valence-electron chi connectivity index (χ3n) is 4.77. The summed E-state index contributed by atoms with van der Waals surface area (Å²) in [6.45, 7) is 0.0106. The van der Waals surface area contributed by atoms with E-state index in [1.54, 1.807) is 36.2 Å². The summed E-state index contributed by atoms with van der Waals surface area (Å²) in [6.07, 6.45) is 6.36. The average Bonchev–Trinajstić information content (AvgIpc) is 2.66. The van der Waals surface area contributed by atoms with Gasteiger partial charge in [0.2, 0.25) is 11.8 Å². The van der Waals surface area contributed by atoms with Crippen molar-refractivity contribution in [2.75, 3.05) is 20.2 Å². The molecule has 0 saturated heterocycles. The molecule has 2 rings (SSSR count). The fraction of sp³-hybridized carbons (Fsp3) is 0.550. The Balaban J connectivity index is 1.71. The number of hydrogen-bond acceptors (Lipinski definition) is 4. The molecule has 27 heavy (non-hydrogen) atoms. The van der Waals surface area contributed by atoms with Gasteiger partial charge in [-0.15, -0.1) is 0 Å². The van der Waals surface area contributed by atoms with Crippen LogP contribution in [0.5, 0.6) is 5.75 Å². The Bertz CT molecular complexity index is 638. The minimum absolute atomic E-state index is 0.00184. The van der Waals surface area contributed by atoms with E-state index in [4.69, 9.17) is 9.84 Å². The lowest BCUT2D eigenvalue weighted by atomic mass is 9.87. The molecular weight excluding hydrogens is 348 g/mol. The van der Waals surface area contributed by atoms with Crippen molar-refractivity contribution in [3.8, 4) is 5.75 Å². The Labute approximate surface area is 159 Å². The van der Waals surface area contributed by atoms with Gasteiger partial charge in [0.1, 0.15) is 5.75 Å². The van der Waals surface area contributed by atoms with Gasteiger partial charge in [0.25, 0.3) is 0 Å². The first kappa shape index (κ1) is 20.7. The number of ether oxygens (including phenoxy) is 1. The van der Waals surface area contributed by atoms with Crippen LogP contribution in [0.15, 0.2) is 24.3 Å². The Kier molecular flexibility index (Phi) is 8.10. The molecule has 1 aromatic carbocycles. The van der Waals surface area contributed by atoms with Crippen molar-refractivity contribution >= 4 is 17.8 Å². The number of carboxylic acid groups (broad SMARTS) is 1. The molecule has 0 heterocycles. The maximum atomic E-state index is 12.2. The largest absolute Gasteiger partial charge is 0.482 e. The van der Waals surface area contributed by atoms with Gasteiger partial charge >= 0.3 is 5.97 Å². The normalized spacial score (nSPS) is 14.4. The predicted molar refractivity (Wildman–Crippen MR) is 100 cm³/mol. The first-order valence-electron chi connectivity index (χ1n) is 9.38. The molecule has 0 spiro atoms. The zero-order valence-electron chi connectivity index (χ0n) is 15.8. The van der Waals surface area contributed by atoms with E-state index in [-0.39, 0.29) is 18.4 Å². The van der Waals surface area contributed by atoms with E-state index < -0.39 is 12.6 Å². The van der Waals surface area contributed by atoms with Gasteiger partial charge in [-0.3, -0.25) is 9.59 Å². The monoisotopic (exact) mass is 376 g/mol. The molecule has 0 unspecified atom stereocenters. The number of hydrogen-bond donors (Lipinski definition) is 2. The maximum Gasteiger partial charge on any atom is 0.341 e. The Morgan fingerprint density at radius 2 is 1.81 bits per heavy atom. The summed E-state index contributed by atoms with van der Waals surface area (Å²) in [7, 11) is 1.68. The van der Waals surface area contributed by atoms with E-state index >= 15 is 0 Å². The van der Waals surface area contributed by atoms with Gasteiger partial charge in [-0.2, -0.15) is 0 Å². The molecule has 1 aliphatic rings. The number of aliphatic carboxylic acids is 1. The highest BCUT2D eigenvalue weighted by Gasteiger charge is 2.18. The molecule has 148 valence electrons. The number of likely N-dealkylation sites (N-methyl/N-ethyl adjacent to an activating group) is 1. The first-order chi connectivity index (χ1) is 12.9. The summed E-state index contributed by atoms with van der Waals surface area (Å²) >= 11 is 0. The summed E-state index contributed by atoms with van der Waals surface area (Å²) in [5.74, 6) is -0.324. The molecule has 0 bridgehead atoms. The standard InChI is InChI=1S/C20H28N2O5/c1-22(13-16-7-9-17(10-8-16)27-14-20(25)26)19(24)12-21-18(23)11-15-5-3-2-4-6-15/h7-10,15H,2-6,11-14H2,1H3,(H,21,23)(H,25,26). The molecule has 0 aliphatic heterocycles. The third-order valence-corrected chi connectivity index (χ3v) is 4.77. The van der Waals surface area contributed by atoms with E-state index in [0.717, 1.165) is 18.4 Å². The molecule has 7 nitrogen and oxygen atoms in total. The molecule has 7 heteroatoms. The van der Waals surface area contributed by atoms with Gasteiger partial charge in [-0.1, -0.05) is 31.4 Å². The van der Waals surface area contributed by atoms with Gasteiger partial charge in [0, 0.05) is 20.0 Å². The Hall–Kier alpha value is -2.57. The van der Waals surface area contributed by atoms with Crippen LogP contribution in [0.25, 0.3) is 0 Å². The van der Waals surface area contributed by atoms with Crippen LogP contribution in [-0.2, 0) is 20.9 Å². The second-order valence-corrected chi connectivity index (χ2v) is 7.06. The molecule has 0 atom stereocenters. The molecule has 1 saturated carbocycles. The fourth-order valence-electron chi connectivity index (χ4n) is 3.23. The molecule has 0 radical (unpaired) electrons. The van der Waals surface area contributed by atoms with Crippen molar-refractivity contribution in [3.63, 3.8) is 0 Å². The third kappa shape index (κ3) is 7.68. The smallest absolute Gasteiger partial charge is 0.341 e. The molecule has 1 aromatic rings. The summed E-state index contributed by atoms with van der Waals surface area (Å²) in [6, 6.07) is 6.90. The van der Waals surface area contributed by atoms with E-state index in [1.165, 1.54) is 19.3 Å². The van der Waals surface area contributed by atoms with Gasteiger partial charge in [0.15, 0.2) is 6.61 Å². The minimum atomic E-state index is -1.03. The van der Waals surface area contributed by atoms with E-state index in [0.29, 0.717) is 24.6 Å². The Morgan fingerprint density at radius 3 is 2.44 bits per heavy atom. The number of amides is 2. The first-order valence-corrected chi connectivity index (χ1v) is 9.38. The number of rotatable bonds is 9. The number of carbonyl (C=O) groups is 3. The van der Waals surface area contributed by atoms with Crippen LogP contribution in [-0.4, -0.2) is 48.0 Å². The second-order valence-electron chi connectivity index (χ2n) is 7.06. The number of carboxylic acids is 1. The van der Waals surface area contributed by atoms with Crippen molar-refractivity contribution in [1.29, 1.82) is 0 Å². The highest BCUT2D eigenvalue weighted by atomic mass is 16.5. The van der Waals surface area contributed by atoms with Crippen molar-refractivity contribution in [2.45, 2.75) is 45.1 Å². The Morgan fingerprint density at radius 1 is 1.15 bits per heavy atom. The van der Waals surface area contributed by atoms with Crippen LogP contribution in [0.3, 0.4) is 0 Å². The molecule has 1 fully saturated rings. The van der Waals surface area contributed by atoms with Crippen LogP contribution in [0.1, 0.15) is 44.1 Å². The van der Waals surface area contributed by atoms with Gasteiger partial charge < -0.3 is 20.1 Å². The lowest BCUT2D eigenvalue weighted by Gasteiger charge is -2.21. The molecule has 2 amide bonds. The molecule has 2 N–H and O–H groups in total. The molecular formula is C20H28N2O5. The summed E-state index contributed by atoms with van der Waals surface area (Å²) in [5, 5.41) is 11.3. The van der Waals surface area contributed by atoms with E-state index in [2.05, 4.69) is 5.32 Å². The van der Waals surface area contributed by atoms with Crippen LogP contribution in [0, 0.1) is 5.92 Å². The van der Waals surface area contributed by atoms with Gasteiger partial charge in [-0.05, 0) is 36.5 Å². The summed E-state index contributed by atoms with van der Waals surface area (Å²) in [5.41, 5.74) is 0.891. The van der Waals surface area contributed by atoms with Crippen molar-refractivity contribution in [3.05, 3.63) is 29.8 Å². The topological polar surface area (TPSA) is 95.9 Å². The lowest BCUT2D eigenvalue weighted by Crippen LogP contribution is -2.38. The van der Waals surface area contributed by atoms with Gasteiger partial charge in [-0.25, -0.2) is 4.79 Å². The SMILES string of the molecule is CN(Cc1ccc(OCC(=O)O)cc1)C(=O)CNC(=O)CC1CCCCC1. The van der Waals surface area contributed by atoms with Crippen molar-refractivity contribution in [1.82, 2.24) is 10.2 Å². The quantitative estimate of drug-likeness (QED) is 0.689. The second kappa shape index (κ2) is 10.5. The van der Waals surface area contributed by atoms with Crippen LogP contribution in [0.2, 0.25) is 0 Å². The highest BCUT2D eigenvalue weighted by Crippen LogP contribution is 2.26. The summed E-state index contributed by atoms with van der Waals surface area (Å²) < 4.78 is 5.07. The molecule has 1 aliphatic carbocycles. The zero-order valence-corrected chi connectivity index (χ0v) is 15.8. The molecule has 0 aromatic heterocycles. The van der Waals surface area contributed by atoms with Gasteiger partial charge in [0.05, 0.1) is 6.54 Å². The number of carbonyl (C=O) groups excluding carboxylic acids is 2. The minimum Gasteiger partial charge on any atom is -0.482 e. The van der Waals surface area contributed by atoms with Crippen molar-refractivity contribution in [2.24, 2.45) is 5.92 Å². The maximum absolute atomic E-state index is 12.2. The number of nitrogens with one attached hydrogen (secondary N) is 1. The van der Waals surface area contributed by atoms with Crippen molar-refractivity contribution < 1.29 is 24.2 Å².